The van der Waals surface area contributed by atoms with Gasteiger partial charge in [-0.2, -0.15) is 5.10 Å². The third-order valence-electron chi connectivity index (χ3n) is 4.21. The quantitative estimate of drug-likeness (QED) is 0.912. The standard InChI is InChI=1S/C16H22N4O2/c1-3-22-10-12-6-7-20(9-12)16(21)18-14-5-4-11(2)13-8-17-19-15(13)14/h4-5,8,12H,3,6-7,9-10H2,1-2H3,(H,17,19)(H,18,21). The Morgan fingerprint density at radius 1 is 1.55 bits per heavy atom. The van der Waals surface area contributed by atoms with Gasteiger partial charge in [-0.05, 0) is 31.9 Å². The number of hydrogen-bond acceptors (Lipinski definition) is 3. The van der Waals surface area contributed by atoms with Crippen molar-refractivity contribution in [1.82, 2.24) is 15.1 Å². The number of nitrogens with zero attached hydrogens (tertiary/aromatic N) is 2. The lowest BCUT2D eigenvalue weighted by Gasteiger charge is -2.18. The van der Waals surface area contributed by atoms with E-state index in [0.29, 0.717) is 5.92 Å². The molecule has 6 heteroatoms. The molecule has 118 valence electrons. The molecule has 3 rings (SSSR count). The van der Waals surface area contributed by atoms with E-state index in [9.17, 15) is 4.79 Å². The van der Waals surface area contributed by atoms with E-state index >= 15 is 0 Å². The number of likely N-dealkylation sites (tertiary alicyclic amines) is 1. The lowest BCUT2D eigenvalue weighted by atomic mass is 10.1. The van der Waals surface area contributed by atoms with Crippen LogP contribution in [-0.4, -0.2) is 47.4 Å². The van der Waals surface area contributed by atoms with Crippen molar-refractivity contribution in [3.8, 4) is 0 Å². The number of carbonyl (C=O) groups is 1. The van der Waals surface area contributed by atoms with Crippen molar-refractivity contribution in [3.63, 3.8) is 0 Å². The molecule has 1 saturated heterocycles. The van der Waals surface area contributed by atoms with Gasteiger partial charge < -0.3 is 15.0 Å². The van der Waals surface area contributed by atoms with Crippen LogP contribution in [0.15, 0.2) is 18.3 Å². The molecule has 0 radical (unpaired) electrons. The first-order valence-electron chi connectivity index (χ1n) is 7.75. The van der Waals surface area contributed by atoms with Gasteiger partial charge in [-0.1, -0.05) is 6.07 Å². The number of aromatic amines is 1. The van der Waals surface area contributed by atoms with E-state index in [0.717, 1.165) is 54.9 Å². The smallest absolute Gasteiger partial charge is 0.321 e. The summed E-state index contributed by atoms with van der Waals surface area (Å²) >= 11 is 0. The van der Waals surface area contributed by atoms with Crippen LogP contribution in [0.4, 0.5) is 10.5 Å². The molecule has 2 amide bonds. The van der Waals surface area contributed by atoms with Crippen molar-refractivity contribution < 1.29 is 9.53 Å². The summed E-state index contributed by atoms with van der Waals surface area (Å²) in [7, 11) is 0. The predicted octanol–water partition coefficient (Wildman–Crippen LogP) is 2.76. The predicted molar refractivity (Wildman–Crippen MR) is 86.0 cm³/mol. The van der Waals surface area contributed by atoms with Gasteiger partial charge in [-0.3, -0.25) is 5.10 Å². The Morgan fingerprint density at radius 2 is 2.41 bits per heavy atom. The number of hydrogen-bond donors (Lipinski definition) is 2. The number of H-pyrrole nitrogens is 1. The largest absolute Gasteiger partial charge is 0.381 e. The molecule has 1 aromatic heterocycles. The number of carbonyl (C=O) groups excluding carboxylic acids is 1. The summed E-state index contributed by atoms with van der Waals surface area (Å²) in [4.78, 5) is 14.3. The number of aromatic nitrogens is 2. The minimum atomic E-state index is -0.0567. The second-order valence-corrected chi connectivity index (χ2v) is 5.78. The third kappa shape index (κ3) is 2.92. The first kappa shape index (κ1) is 14.8. The summed E-state index contributed by atoms with van der Waals surface area (Å²) in [5.41, 5.74) is 2.79. The zero-order valence-corrected chi connectivity index (χ0v) is 13.1. The van der Waals surface area contributed by atoms with Crippen LogP contribution in [0, 0.1) is 12.8 Å². The number of benzene rings is 1. The number of anilines is 1. The second kappa shape index (κ2) is 6.36. The summed E-state index contributed by atoms with van der Waals surface area (Å²) in [5, 5.41) is 11.1. The van der Waals surface area contributed by atoms with Crippen LogP contribution in [0.5, 0.6) is 0 Å². The van der Waals surface area contributed by atoms with Crippen molar-refractivity contribution in [2.24, 2.45) is 5.92 Å². The molecule has 1 unspecified atom stereocenters. The summed E-state index contributed by atoms with van der Waals surface area (Å²) in [5.74, 6) is 0.441. The maximum absolute atomic E-state index is 12.4. The molecule has 1 aliphatic heterocycles. The minimum Gasteiger partial charge on any atom is -0.381 e. The molecule has 1 atom stereocenters. The fourth-order valence-corrected chi connectivity index (χ4v) is 2.91. The Morgan fingerprint density at radius 3 is 3.23 bits per heavy atom. The molecule has 0 bridgehead atoms. The van der Waals surface area contributed by atoms with Crippen LogP contribution in [-0.2, 0) is 4.74 Å². The highest BCUT2D eigenvalue weighted by Gasteiger charge is 2.26. The average molecular weight is 302 g/mol. The maximum Gasteiger partial charge on any atom is 0.321 e. The average Bonchev–Trinajstić information content (AvgIpc) is 3.17. The summed E-state index contributed by atoms with van der Waals surface area (Å²) in [6, 6.07) is 3.86. The molecule has 2 aromatic rings. The van der Waals surface area contributed by atoms with Gasteiger partial charge in [0.2, 0.25) is 0 Å². The van der Waals surface area contributed by atoms with Gasteiger partial charge in [-0.25, -0.2) is 4.79 Å². The van der Waals surface area contributed by atoms with E-state index in [1.807, 2.05) is 30.9 Å². The summed E-state index contributed by atoms with van der Waals surface area (Å²) in [6.07, 6.45) is 2.79. The van der Waals surface area contributed by atoms with E-state index in [1.165, 1.54) is 0 Å². The SMILES string of the molecule is CCOCC1CCN(C(=O)Nc2ccc(C)c3cn[nH]c23)C1. The van der Waals surface area contributed by atoms with Gasteiger partial charge >= 0.3 is 6.03 Å². The Bertz CT molecular complexity index is 667. The second-order valence-electron chi connectivity index (χ2n) is 5.78. The van der Waals surface area contributed by atoms with Crippen LogP contribution >= 0.6 is 0 Å². The van der Waals surface area contributed by atoms with Crippen LogP contribution in [0.1, 0.15) is 18.9 Å². The summed E-state index contributed by atoms with van der Waals surface area (Å²) in [6.45, 7) is 7.01. The van der Waals surface area contributed by atoms with Crippen molar-refractivity contribution in [2.45, 2.75) is 20.3 Å². The highest BCUT2D eigenvalue weighted by molar-refractivity contribution is 6.00. The van der Waals surface area contributed by atoms with Gasteiger partial charge in [0.05, 0.1) is 24.0 Å². The van der Waals surface area contributed by atoms with E-state index in [2.05, 4.69) is 15.5 Å². The maximum atomic E-state index is 12.4. The van der Waals surface area contributed by atoms with E-state index in [1.54, 1.807) is 6.20 Å². The lowest BCUT2D eigenvalue weighted by Crippen LogP contribution is -2.33. The van der Waals surface area contributed by atoms with E-state index in [4.69, 9.17) is 4.74 Å². The zero-order valence-electron chi connectivity index (χ0n) is 13.1. The van der Waals surface area contributed by atoms with E-state index < -0.39 is 0 Å². The van der Waals surface area contributed by atoms with Gasteiger partial charge in [0, 0.05) is 31.0 Å². The number of ether oxygens (including phenoxy) is 1. The highest BCUT2D eigenvalue weighted by atomic mass is 16.5. The monoisotopic (exact) mass is 302 g/mol. The normalized spacial score (nSPS) is 18.1. The van der Waals surface area contributed by atoms with E-state index in [-0.39, 0.29) is 6.03 Å². The van der Waals surface area contributed by atoms with Crippen LogP contribution in [0.3, 0.4) is 0 Å². The van der Waals surface area contributed by atoms with Crippen molar-refractivity contribution in [3.05, 3.63) is 23.9 Å². The van der Waals surface area contributed by atoms with Crippen LogP contribution in [0.2, 0.25) is 0 Å². The van der Waals surface area contributed by atoms with Gasteiger partial charge in [-0.15, -0.1) is 0 Å². The fraction of sp³-hybridized carbons (Fsp3) is 0.500. The summed E-state index contributed by atoms with van der Waals surface area (Å²) < 4.78 is 5.45. The first-order valence-corrected chi connectivity index (χ1v) is 7.75. The van der Waals surface area contributed by atoms with Crippen LogP contribution in [0.25, 0.3) is 10.9 Å². The molecule has 1 aliphatic rings. The number of nitrogens with one attached hydrogen (secondary N) is 2. The van der Waals surface area contributed by atoms with Gasteiger partial charge in [0.15, 0.2) is 0 Å². The van der Waals surface area contributed by atoms with Gasteiger partial charge in [0.1, 0.15) is 0 Å². The lowest BCUT2D eigenvalue weighted by molar-refractivity contribution is 0.113. The molecule has 2 N–H and O–H groups in total. The van der Waals surface area contributed by atoms with Crippen molar-refractivity contribution in [1.29, 1.82) is 0 Å². The molecular formula is C16H22N4O2. The number of fused-ring (bicyclic) bond motifs is 1. The molecular weight excluding hydrogens is 280 g/mol. The Balaban J connectivity index is 1.67. The van der Waals surface area contributed by atoms with Crippen molar-refractivity contribution >= 4 is 22.6 Å². The number of amides is 2. The molecule has 2 heterocycles. The molecule has 0 saturated carbocycles. The fourth-order valence-electron chi connectivity index (χ4n) is 2.91. The number of urea groups is 1. The number of rotatable bonds is 4. The minimum absolute atomic E-state index is 0.0567. The number of aryl methyl sites for hydroxylation is 1. The molecule has 6 nitrogen and oxygen atoms in total. The highest BCUT2D eigenvalue weighted by Crippen LogP contribution is 2.25. The zero-order chi connectivity index (χ0) is 15.5. The first-order chi connectivity index (χ1) is 10.7. The molecule has 0 spiro atoms. The molecule has 22 heavy (non-hydrogen) atoms. The molecule has 1 fully saturated rings. The Hall–Kier alpha value is -2.08. The molecule has 1 aromatic carbocycles. The van der Waals surface area contributed by atoms with Crippen LogP contribution < -0.4 is 5.32 Å². The van der Waals surface area contributed by atoms with Crippen molar-refractivity contribution in [2.75, 3.05) is 31.6 Å². The van der Waals surface area contributed by atoms with Gasteiger partial charge in [0.25, 0.3) is 0 Å². The third-order valence-corrected chi connectivity index (χ3v) is 4.21. The topological polar surface area (TPSA) is 70.2 Å². The Kier molecular flexibility index (Phi) is 4.29. The molecule has 0 aliphatic carbocycles. The Labute approximate surface area is 129 Å².